The van der Waals surface area contributed by atoms with Gasteiger partial charge in [0.15, 0.2) is 0 Å². The highest BCUT2D eigenvalue weighted by molar-refractivity contribution is 4.88. The van der Waals surface area contributed by atoms with E-state index in [9.17, 15) is 5.11 Å². The lowest BCUT2D eigenvalue weighted by Gasteiger charge is -2.43. The van der Waals surface area contributed by atoms with Crippen LogP contribution in [0.2, 0.25) is 0 Å². The Kier molecular flexibility index (Phi) is 3.16. The first-order chi connectivity index (χ1) is 6.68. The molecule has 2 fully saturated rings. The maximum absolute atomic E-state index is 10.1. The van der Waals surface area contributed by atoms with E-state index in [4.69, 9.17) is 0 Å². The first-order valence-electron chi connectivity index (χ1n) is 6.36. The van der Waals surface area contributed by atoms with E-state index in [1.165, 1.54) is 32.1 Å². The smallest absolute Gasteiger partial charge is 0.0573 e. The summed E-state index contributed by atoms with van der Waals surface area (Å²) in [5.74, 6) is 3.04. The Morgan fingerprint density at radius 2 is 1.57 bits per heavy atom. The normalized spacial score (nSPS) is 43.7. The van der Waals surface area contributed by atoms with Crippen molar-refractivity contribution in [1.29, 1.82) is 0 Å². The predicted octanol–water partition coefficient (Wildman–Crippen LogP) is 3.22. The Balaban J connectivity index is 1.99. The second-order valence-corrected chi connectivity index (χ2v) is 5.75. The van der Waals surface area contributed by atoms with Gasteiger partial charge in [-0.15, -0.1) is 0 Å². The van der Waals surface area contributed by atoms with Gasteiger partial charge in [0.1, 0.15) is 0 Å². The lowest BCUT2D eigenvalue weighted by Crippen LogP contribution is -2.39. The minimum atomic E-state index is -0.00523. The topological polar surface area (TPSA) is 20.2 Å². The molecule has 4 atom stereocenters. The molecule has 1 heteroatoms. The molecule has 0 spiro atoms. The molecule has 2 saturated carbocycles. The first kappa shape index (κ1) is 10.5. The van der Waals surface area contributed by atoms with Crippen LogP contribution < -0.4 is 0 Å². The molecule has 0 aliphatic heterocycles. The van der Waals surface area contributed by atoms with E-state index in [1.807, 2.05) is 0 Å². The molecule has 0 bridgehead atoms. The van der Waals surface area contributed by atoms with Crippen LogP contribution in [0, 0.1) is 23.7 Å². The van der Waals surface area contributed by atoms with Gasteiger partial charge in [0.25, 0.3) is 0 Å². The molecule has 2 aliphatic rings. The van der Waals surface area contributed by atoms with Crippen molar-refractivity contribution in [3.8, 4) is 0 Å². The maximum atomic E-state index is 10.1. The summed E-state index contributed by atoms with van der Waals surface area (Å²) >= 11 is 0. The van der Waals surface area contributed by atoms with Crippen LogP contribution in [0.5, 0.6) is 0 Å². The monoisotopic (exact) mass is 196 g/mol. The van der Waals surface area contributed by atoms with Crippen molar-refractivity contribution in [2.24, 2.45) is 23.7 Å². The lowest BCUT2D eigenvalue weighted by molar-refractivity contribution is -0.0183. The molecular formula is C13H24O. The number of hydrogen-bond acceptors (Lipinski definition) is 1. The number of hydrogen-bond donors (Lipinski definition) is 1. The highest BCUT2D eigenvalue weighted by Crippen LogP contribution is 2.44. The van der Waals surface area contributed by atoms with Crippen LogP contribution in [-0.2, 0) is 0 Å². The summed E-state index contributed by atoms with van der Waals surface area (Å²) in [5, 5.41) is 10.1. The lowest BCUT2D eigenvalue weighted by atomic mass is 9.64. The number of aliphatic hydroxyl groups is 1. The van der Waals surface area contributed by atoms with Gasteiger partial charge in [-0.2, -0.15) is 0 Å². The first-order valence-corrected chi connectivity index (χ1v) is 6.36. The van der Waals surface area contributed by atoms with Gasteiger partial charge in [-0.25, -0.2) is 0 Å². The van der Waals surface area contributed by atoms with Crippen LogP contribution >= 0.6 is 0 Å². The van der Waals surface area contributed by atoms with Crippen molar-refractivity contribution in [3.05, 3.63) is 0 Å². The third-order valence-electron chi connectivity index (χ3n) is 4.54. The van der Waals surface area contributed by atoms with E-state index in [1.54, 1.807) is 0 Å². The van der Waals surface area contributed by atoms with Crippen LogP contribution in [0.1, 0.15) is 52.4 Å². The summed E-state index contributed by atoms with van der Waals surface area (Å²) < 4.78 is 0. The van der Waals surface area contributed by atoms with Gasteiger partial charge in [-0.1, -0.05) is 39.5 Å². The van der Waals surface area contributed by atoms with Gasteiger partial charge in [0, 0.05) is 0 Å². The number of rotatable bonds is 1. The van der Waals surface area contributed by atoms with Gasteiger partial charge >= 0.3 is 0 Å². The van der Waals surface area contributed by atoms with E-state index < -0.39 is 0 Å². The van der Waals surface area contributed by atoms with Crippen LogP contribution in [-0.4, -0.2) is 11.2 Å². The van der Waals surface area contributed by atoms with Gasteiger partial charge in [-0.05, 0) is 36.5 Å². The second-order valence-electron chi connectivity index (χ2n) is 5.75. The molecule has 0 aromatic heterocycles. The zero-order valence-corrected chi connectivity index (χ0v) is 9.58. The minimum absolute atomic E-state index is 0.00523. The van der Waals surface area contributed by atoms with Crippen LogP contribution in [0.4, 0.5) is 0 Å². The fourth-order valence-electron chi connectivity index (χ4n) is 3.61. The summed E-state index contributed by atoms with van der Waals surface area (Å²) in [5.41, 5.74) is 0. The molecule has 2 aliphatic carbocycles. The molecule has 0 heterocycles. The van der Waals surface area contributed by atoms with Crippen LogP contribution in [0.15, 0.2) is 0 Å². The van der Waals surface area contributed by atoms with Crippen LogP contribution in [0.25, 0.3) is 0 Å². The Hall–Kier alpha value is -0.0400. The number of fused-ring (bicyclic) bond motifs is 1. The van der Waals surface area contributed by atoms with E-state index in [2.05, 4.69) is 13.8 Å². The number of aliphatic hydroxyl groups excluding tert-OH is 1. The molecule has 0 aromatic carbocycles. The van der Waals surface area contributed by atoms with Crippen molar-refractivity contribution in [2.75, 3.05) is 0 Å². The zero-order chi connectivity index (χ0) is 10.1. The minimum Gasteiger partial charge on any atom is -0.393 e. The maximum Gasteiger partial charge on any atom is 0.0573 e. The predicted molar refractivity (Wildman–Crippen MR) is 59.0 cm³/mol. The quantitative estimate of drug-likeness (QED) is 0.682. The van der Waals surface area contributed by atoms with Crippen molar-refractivity contribution < 1.29 is 5.11 Å². The highest BCUT2D eigenvalue weighted by atomic mass is 16.3. The van der Waals surface area contributed by atoms with Gasteiger partial charge < -0.3 is 5.11 Å². The Bertz CT molecular complexity index is 188. The van der Waals surface area contributed by atoms with E-state index in [0.29, 0.717) is 11.8 Å². The standard InChI is InChI=1S/C13H24O/c1-9(2)12-7-10-5-3-4-6-11(10)8-13(12)14/h9-14H,3-8H2,1-2H3. The molecule has 0 amide bonds. The van der Waals surface area contributed by atoms with Crippen molar-refractivity contribution in [2.45, 2.75) is 58.5 Å². The summed E-state index contributed by atoms with van der Waals surface area (Å²) in [6.45, 7) is 4.52. The fourth-order valence-corrected chi connectivity index (χ4v) is 3.61. The molecule has 0 radical (unpaired) electrons. The van der Waals surface area contributed by atoms with Crippen molar-refractivity contribution >= 4 is 0 Å². The molecule has 2 rings (SSSR count). The molecule has 0 saturated heterocycles. The molecule has 1 nitrogen and oxygen atoms in total. The zero-order valence-electron chi connectivity index (χ0n) is 9.58. The Morgan fingerprint density at radius 1 is 1.00 bits per heavy atom. The summed E-state index contributed by atoms with van der Waals surface area (Å²) in [6, 6.07) is 0. The average Bonchev–Trinajstić information content (AvgIpc) is 2.16. The van der Waals surface area contributed by atoms with Gasteiger partial charge in [0.05, 0.1) is 6.10 Å². The largest absolute Gasteiger partial charge is 0.393 e. The average molecular weight is 196 g/mol. The molecule has 82 valence electrons. The summed E-state index contributed by atoms with van der Waals surface area (Å²) in [6.07, 6.45) is 8.03. The van der Waals surface area contributed by atoms with E-state index in [-0.39, 0.29) is 6.10 Å². The van der Waals surface area contributed by atoms with Gasteiger partial charge in [0.2, 0.25) is 0 Å². The molecular weight excluding hydrogens is 172 g/mol. The molecule has 4 unspecified atom stereocenters. The summed E-state index contributed by atoms with van der Waals surface area (Å²) in [7, 11) is 0. The third kappa shape index (κ3) is 1.98. The highest BCUT2D eigenvalue weighted by Gasteiger charge is 2.38. The van der Waals surface area contributed by atoms with Crippen LogP contribution in [0.3, 0.4) is 0 Å². The molecule has 0 aromatic rings. The van der Waals surface area contributed by atoms with Crippen molar-refractivity contribution in [3.63, 3.8) is 0 Å². The van der Waals surface area contributed by atoms with E-state index in [0.717, 1.165) is 18.3 Å². The molecule has 14 heavy (non-hydrogen) atoms. The SMILES string of the molecule is CC(C)C1CC2CCCCC2CC1O. The van der Waals surface area contributed by atoms with Gasteiger partial charge in [-0.3, -0.25) is 0 Å². The fraction of sp³-hybridized carbons (Fsp3) is 1.00. The third-order valence-corrected chi connectivity index (χ3v) is 4.54. The summed E-state index contributed by atoms with van der Waals surface area (Å²) in [4.78, 5) is 0. The Morgan fingerprint density at radius 3 is 2.14 bits per heavy atom. The van der Waals surface area contributed by atoms with Crippen molar-refractivity contribution in [1.82, 2.24) is 0 Å². The van der Waals surface area contributed by atoms with E-state index >= 15 is 0 Å². The molecule has 1 N–H and O–H groups in total. The second kappa shape index (κ2) is 4.22. The Labute approximate surface area is 87.9 Å².